The summed E-state index contributed by atoms with van der Waals surface area (Å²) in [5.74, 6) is 0. The van der Waals surface area contributed by atoms with Crippen LogP contribution in [0.2, 0.25) is 5.02 Å². The number of para-hydroxylation sites is 4. The number of hydrogen-bond acceptors (Lipinski definition) is 2. The number of rotatable bonds is 3. The van der Waals surface area contributed by atoms with Gasteiger partial charge in [0.05, 0.1) is 33.5 Å². The predicted molar refractivity (Wildman–Crippen MR) is 167 cm³/mol. The number of nitrogens with zero attached hydrogens (tertiary/aromatic N) is 3. The maximum atomic E-state index is 6.61. The molecule has 0 bridgehead atoms. The van der Waals surface area contributed by atoms with Crippen LogP contribution in [0.3, 0.4) is 0 Å². The second-order valence-electron chi connectivity index (χ2n) is 9.97. The van der Waals surface area contributed by atoms with Gasteiger partial charge in [-0.3, -0.25) is 0 Å². The molecule has 0 aliphatic heterocycles. The van der Waals surface area contributed by atoms with Gasteiger partial charge in [0.1, 0.15) is 0 Å². The highest BCUT2D eigenvalue weighted by Gasteiger charge is 2.19. The molecule has 0 fully saturated rings. The van der Waals surface area contributed by atoms with Gasteiger partial charge in [0.2, 0.25) is 0 Å². The highest BCUT2D eigenvalue weighted by Crippen LogP contribution is 2.40. The van der Waals surface area contributed by atoms with Crippen molar-refractivity contribution in [3.8, 4) is 28.2 Å². The molecule has 8 rings (SSSR count). The molecule has 6 aromatic carbocycles. The predicted octanol–water partition coefficient (Wildman–Crippen LogP) is 9.87. The Labute approximate surface area is 235 Å². The molecule has 0 spiro atoms. The van der Waals surface area contributed by atoms with Crippen molar-refractivity contribution in [3.63, 3.8) is 0 Å². The maximum Gasteiger partial charge on any atom is 0.0979 e. The quantitative estimate of drug-likeness (QED) is 0.227. The van der Waals surface area contributed by atoms with Crippen LogP contribution in [0.25, 0.3) is 71.8 Å². The Kier molecular flexibility index (Phi) is 5.19. The number of hydrogen-bond donors (Lipinski definition) is 0. The van der Waals surface area contributed by atoms with Crippen LogP contribution in [0.1, 0.15) is 0 Å². The normalized spacial score (nSPS) is 11.6. The third kappa shape index (κ3) is 3.52. The van der Waals surface area contributed by atoms with Gasteiger partial charge in [0.25, 0.3) is 0 Å². The van der Waals surface area contributed by atoms with E-state index in [1.807, 2.05) is 42.5 Å². The molecule has 2 aromatic heterocycles. The van der Waals surface area contributed by atoms with Crippen molar-refractivity contribution in [2.75, 3.05) is 0 Å². The van der Waals surface area contributed by atoms with E-state index in [0.717, 1.165) is 60.5 Å². The Bertz CT molecular complexity index is 2230. The van der Waals surface area contributed by atoms with E-state index in [-0.39, 0.29) is 0 Å². The van der Waals surface area contributed by atoms with E-state index >= 15 is 0 Å². The zero-order valence-electron chi connectivity index (χ0n) is 21.4. The average molecular weight is 532 g/mol. The molecule has 0 saturated carbocycles. The van der Waals surface area contributed by atoms with Crippen LogP contribution < -0.4 is 0 Å². The van der Waals surface area contributed by atoms with Gasteiger partial charge in [0.15, 0.2) is 0 Å². The minimum absolute atomic E-state index is 0.725. The van der Waals surface area contributed by atoms with Gasteiger partial charge in [-0.25, -0.2) is 9.97 Å². The van der Waals surface area contributed by atoms with Crippen molar-refractivity contribution in [1.29, 1.82) is 0 Å². The Morgan fingerprint density at radius 1 is 0.475 bits per heavy atom. The Balaban J connectivity index is 1.46. The third-order valence-electron chi connectivity index (χ3n) is 7.66. The summed E-state index contributed by atoms with van der Waals surface area (Å²) in [6, 6.07) is 46.0. The number of fused-ring (bicyclic) bond motifs is 5. The van der Waals surface area contributed by atoms with Crippen molar-refractivity contribution in [1.82, 2.24) is 14.5 Å². The maximum absolute atomic E-state index is 6.61. The first kappa shape index (κ1) is 22.9. The lowest BCUT2D eigenvalue weighted by Gasteiger charge is -2.14. The van der Waals surface area contributed by atoms with Gasteiger partial charge in [0, 0.05) is 38.0 Å². The fourth-order valence-corrected chi connectivity index (χ4v) is 6.06. The summed E-state index contributed by atoms with van der Waals surface area (Å²) in [5.41, 5.74) is 8.87. The molecule has 0 N–H and O–H groups in total. The first-order valence-corrected chi connectivity index (χ1v) is 13.7. The number of benzene rings is 6. The van der Waals surface area contributed by atoms with E-state index in [1.54, 1.807) is 0 Å². The summed E-state index contributed by atoms with van der Waals surface area (Å²) >= 11 is 6.61. The van der Waals surface area contributed by atoms with Gasteiger partial charge in [-0.05, 0) is 47.9 Å². The zero-order chi connectivity index (χ0) is 26.6. The molecular weight excluding hydrogens is 510 g/mol. The zero-order valence-corrected chi connectivity index (χ0v) is 22.2. The average Bonchev–Trinajstić information content (AvgIpc) is 3.35. The molecule has 0 aliphatic rings. The van der Waals surface area contributed by atoms with Gasteiger partial charge in [-0.1, -0.05) is 103 Å². The molecule has 0 atom stereocenters. The second kappa shape index (κ2) is 9.04. The van der Waals surface area contributed by atoms with E-state index in [1.165, 1.54) is 16.3 Å². The van der Waals surface area contributed by atoms with Crippen molar-refractivity contribution in [2.45, 2.75) is 0 Å². The standard InChI is InChI=1S/C36H22ClN3/c37-30-21-20-29(25-12-4-5-13-26(25)30)36-35(38-31-15-7-8-16-32(31)39-36)23-18-19-28-27-14-6-9-17-33(27)40(34(28)22-23)24-10-2-1-3-11-24/h1-22H. The van der Waals surface area contributed by atoms with Crippen LogP contribution in [-0.2, 0) is 0 Å². The third-order valence-corrected chi connectivity index (χ3v) is 7.99. The first-order chi connectivity index (χ1) is 19.8. The highest BCUT2D eigenvalue weighted by molar-refractivity contribution is 6.36. The lowest BCUT2D eigenvalue weighted by molar-refractivity contribution is 1.18. The molecule has 0 amide bonds. The van der Waals surface area contributed by atoms with Crippen LogP contribution in [0, 0.1) is 0 Å². The lowest BCUT2D eigenvalue weighted by atomic mass is 9.97. The van der Waals surface area contributed by atoms with E-state index < -0.39 is 0 Å². The second-order valence-corrected chi connectivity index (χ2v) is 10.4. The number of aromatic nitrogens is 3. The lowest BCUT2D eigenvalue weighted by Crippen LogP contribution is -1.97. The fraction of sp³-hybridized carbons (Fsp3) is 0. The van der Waals surface area contributed by atoms with Crippen molar-refractivity contribution < 1.29 is 0 Å². The highest BCUT2D eigenvalue weighted by atomic mass is 35.5. The van der Waals surface area contributed by atoms with Gasteiger partial charge in [-0.15, -0.1) is 0 Å². The van der Waals surface area contributed by atoms with Crippen molar-refractivity contribution in [3.05, 3.63) is 138 Å². The summed E-state index contributed by atoms with van der Waals surface area (Å²) in [4.78, 5) is 10.4. The SMILES string of the molecule is Clc1ccc(-c2nc3ccccc3nc2-c2ccc3c4ccccc4n(-c4ccccc4)c3c2)c2ccccc12. The molecule has 3 nitrogen and oxygen atoms in total. The van der Waals surface area contributed by atoms with Crippen molar-refractivity contribution in [2.24, 2.45) is 0 Å². The summed E-state index contributed by atoms with van der Waals surface area (Å²) < 4.78 is 2.33. The number of halogens is 1. The molecule has 4 heteroatoms. The van der Waals surface area contributed by atoms with Crippen LogP contribution >= 0.6 is 11.6 Å². The topological polar surface area (TPSA) is 30.7 Å². The minimum atomic E-state index is 0.725. The molecule has 2 heterocycles. The summed E-state index contributed by atoms with van der Waals surface area (Å²) in [6.07, 6.45) is 0. The molecule has 8 aromatic rings. The molecule has 0 unspecified atom stereocenters. The van der Waals surface area contributed by atoms with Crippen LogP contribution in [-0.4, -0.2) is 14.5 Å². The van der Waals surface area contributed by atoms with E-state index in [9.17, 15) is 0 Å². The Hall–Kier alpha value is -4.99. The first-order valence-electron chi connectivity index (χ1n) is 13.3. The van der Waals surface area contributed by atoms with Crippen LogP contribution in [0.5, 0.6) is 0 Å². The largest absolute Gasteiger partial charge is 0.309 e. The fourth-order valence-electron chi connectivity index (χ4n) is 5.83. The monoisotopic (exact) mass is 531 g/mol. The molecule has 0 radical (unpaired) electrons. The molecule has 0 aliphatic carbocycles. The van der Waals surface area contributed by atoms with Crippen LogP contribution in [0.15, 0.2) is 133 Å². The minimum Gasteiger partial charge on any atom is -0.309 e. The van der Waals surface area contributed by atoms with Crippen molar-refractivity contribution >= 4 is 55.2 Å². The molecule has 188 valence electrons. The smallest absolute Gasteiger partial charge is 0.0979 e. The van der Waals surface area contributed by atoms with E-state index in [4.69, 9.17) is 21.6 Å². The Morgan fingerprint density at radius 3 is 1.90 bits per heavy atom. The summed E-state index contributed by atoms with van der Waals surface area (Å²) in [7, 11) is 0. The Morgan fingerprint density at radius 2 is 1.10 bits per heavy atom. The summed E-state index contributed by atoms with van der Waals surface area (Å²) in [5, 5.41) is 5.21. The van der Waals surface area contributed by atoms with E-state index in [2.05, 4.69) is 95.6 Å². The summed E-state index contributed by atoms with van der Waals surface area (Å²) in [6.45, 7) is 0. The molecular formula is C36H22ClN3. The van der Waals surface area contributed by atoms with Gasteiger partial charge in [-0.2, -0.15) is 0 Å². The van der Waals surface area contributed by atoms with E-state index in [0.29, 0.717) is 0 Å². The van der Waals surface area contributed by atoms with Crippen LogP contribution in [0.4, 0.5) is 0 Å². The van der Waals surface area contributed by atoms with Gasteiger partial charge < -0.3 is 4.57 Å². The van der Waals surface area contributed by atoms with Gasteiger partial charge >= 0.3 is 0 Å². The molecule has 0 saturated heterocycles. The molecule has 40 heavy (non-hydrogen) atoms.